The predicted octanol–water partition coefficient (Wildman–Crippen LogP) is 7.60. The summed E-state index contributed by atoms with van der Waals surface area (Å²) in [7, 11) is -0.733. The number of rotatable bonds is 11. The van der Waals surface area contributed by atoms with E-state index in [0.29, 0.717) is 34.4 Å². The number of fused-ring (bicyclic) bond motifs is 1. The van der Waals surface area contributed by atoms with Gasteiger partial charge in [-0.3, -0.25) is 4.90 Å². The van der Waals surface area contributed by atoms with Crippen LogP contribution in [0.15, 0.2) is 82.5 Å². The molecule has 0 bridgehead atoms. The first-order valence-electron chi connectivity index (χ1n) is 14.2. The van der Waals surface area contributed by atoms with Gasteiger partial charge in [0.05, 0.1) is 26.2 Å². The summed E-state index contributed by atoms with van der Waals surface area (Å²) in [6.07, 6.45) is -0.149. The zero-order chi connectivity index (χ0) is 35.7. The molecule has 0 saturated heterocycles. The minimum atomic E-state index is -4.87. The number of anilines is 2. The molecule has 0 atom stereocenters. The molecule has 0 radical (unpaired) electrons. The van der Waals surface area contributed by atoms with Crippen LogP contribution in [0.4, 0.5) is 24.5 Å². The molecular formula is C32H24ClF2N5O8S2. The lowest BCUT2D eigenvalue weighted by atomic mass is 10.0. The van der Waals surface area contributed by atoms with E-state index in [1.165, 1.54) is 45.5 Å². The summed E-state index contributed by atoms with van der Waals surface area (Å²) in [5, 5.41) is 13.7. The van der Waals surface area contributed by atoms with Crippen LogP contribution >= 0.6 is 23.1 Å². The third kappa shape index (κ3) is 6.57. The summed E-state index contributed by atoms with van der Waals surface area (Å²) >= 11 is 7.03. The van der Waals surface area contributed by atoms with Gasteiger partial charge in [0.15, 0.2) is 23.0 Å². The molecule has 1 amide bonds. The molecule has 0 fully saturated rings. The van der Waals surface area contributed by atoms with Crippen LogP contribution in [-0.4, -0.2) is 55.4 Å². The zero-order valence-electron chi connectivity index (χ0n) is 26.1. The number of nitrogens with zero attached hydrogens (tertiary/aromatic N) is 5. The predicted molar refractivity (Wildman–Crippen MR) is 180 cm³/mol. The van der Waals surface area contributed by atoms with Crippen molar-refractivity contribution in [3.8, 4) is 34.1 Å². The number of ether oxygens (including phenoxy) is 3. The molecule has 18 heteroatoms. The highest BCUT2D eigenvalue weighted by molar-refractivity contribution is 7.93. The lowest BCUT2D eigenvalue weighted by molar-refractivity contribution is 0.203. The Bertz CT molecular complexity index is 2340. The van der Waals surface area contributed by atoms with Crippen molar-refractivity contribution < 1.29 is 45.8 Å². The smallest absolute Gasteiger partial charge is 0.412 e. The number of sulfonamides is 1. The Hall–Kier alpha value is -5.52. The van der Waals surface area contributed by atoms with Crippen LogP contribution in [0.5, 0.6) is 23.0 Å². The topological polar surface area (TPSA) is 157 Å². The highest BCUT2D eigenvalue weighted by Crippen LogP contribution is 2.41. The van der Waals surface area contributed by atoms with Crippen LogP contribution in [-0.2, 0) is 16.6 Å². The van der Waals surface area contributed by atoms with E-state index in [0.717, 1.165) is 27.1 Å². The van der Waals surface area contributed by atoms with Gasteiger partial charge >= 0.3 is 6.09 Å². The number of hydrogen-bond acceptors (Lipinski definition) is 11. The van der Waals surface area contributed by atoms with Crippen molar-refractivity contribution in [3.05, 3.63) is 95.3 Å². The first-order valence-corrected chi connectivity index (χ1v) is 16.8. The van der Waals surface area contributed by atoms with Crippen molar-refractivity contribution in [2.75, 3.05) is 30.5 Å². The van der Waals surface area contributed by atoms with Crippen molar-refractivity contribution in [3.63, 3.8) is 0 Å². The van der Waals surface area contributed by atoms with Crippen LogP contribution in [0.1, 0.15) is 5.56 Å². The molecule has 258 valence electrons. The van der Waals surface area contributed by atoms with Gasteiger partial charge in [-0.15, -0.1) is 0 Å². The van der Waals surface area contributed by atoms with Gasteiger partial charge in [-0.1, -0.05) is 22.8 Å². The fourth-order valence-corrected chi connectivity index (χ4v) is 7.34. The van der Waals surface area contributed by atoms with Gasteiger partial charge in [0, 0.05) is 46.9 Å². The van der Waals surface area contributed by atoms with Gasteiger partial charge in [0.25, 0.3) is 10.0 Å². The first-order chi connectivity index (χ1) is 23.9. The number of hydrogen-bond donors (Lipinski definition) is 1. The average molecular weight is 744 g/mol. The zero-order valence-corrected chi connectivity index (χ0v) is 28.5. The van der Waals surface area contributed by atoms with Crippen molar-refractivity contribution in [2.24, 2.45) is 0 Å². The third-order valence-electron chi connectivity index (χ3n) is 7.44. The number of benzene rings is 4. The van der Waals surface area contributed by atoms with Crippen molar-refractivity contribution in [1.82, 2.24) is 14.5 Å². The van der Waals surface area contributed by atoms with E-state index in [9.17, 15) is 18.3 Å². The van der Waals surface area contributed by atoms with Crippen LogP contribution in [0, 0.1) is 11.6 Å². The fraction of sp³-hybridized carbons (Fsp3) is 0.125. The molecule has 0 aliphatic rings. The molecule has 0 spiro atoms. The van der Waals surface area contributed by atoms with Gasteiger partial charge in [0.1, 0.15) is 34.3 Å². The van der Waals surface area contributed by atoms with E-state index in [2.05, 4.69) is 14.5 Å². The largest absolute Gasteiger partial charge is 0.497 e. The van der Waals surface area contributed by atoms with Crippen LogP contribution in [0.3, 0.4) is 0 Å². The minimum absolute atomic E-state index is 0.0112. The number of aromatic nitrogens is 3. The summed E-state index contributed by atoms with van der Waals surface area (Å²) in [5.41, 5.74) is 1.34. The SMILES string of the molecule is COc1ccc(CN(c2ncns2)S(=O)(=O)c2cc(F)cc(Oc3ccc(Cl)cc3-c3ccc4onc(N(C)C(=O)O)c4c3)c2F)c(OC)c1. The normalized spacial score (nSPS) is 11.4. The lowest BCUT2D eigenvalue weighted by Crippen LogP contribution is -2.31. The highest BCUT2D eigenvalue weighted by atomic mass is 35.5. The van der Waals surface area contributed by atoms with Gasteiger partial charge in [-0.25, -0.2) is 31.3 Å². The van der Waals surface area contributed by atoms with Gasteiger partial charge in [-0.2, -0.15) is 4.37 Å². The van der Waals surface area contributed by atoms with Gasteiger partial charge in [0.2, 0.25) is 5.13 Å². The molecule has 0 unspecified atom stereocenters. The first kappa shape index (κ1) is 34.3. The Morgan fingerprint density at radius 1 is 1.00 bits per heavy atom. The standard InChI is InChI=1S/C32H24ClF2N5O8S2/c1-39(32(41)42)30-23-10-17(5-8-25(23)48-38-30)22-11-19(33)6-9-24(22)47-27-12-20(34)13-28(29(27)35)50(43,44)40(31-36-16-37-49-31)15-18-4-7-21(45-2)14-26(18)46-3/h4-14,16H,15H2,1-3H3,(H,41,42). The van der Waals surface area contributed by atoms with E-state index in [-0.39, 0.29) is 45.2 Å². The Labute approximate surface area is 292 Å². The maximum Gasteiger partial charge on any atom is 0.412 e. The monoisotopic (exact) mass is 743 g/mol. The number of methoxy groups -OCH3 is 2. The summed E-state index contributed by atoms with van der Waals surface area (Å²) in [6, 6.07) is 15.0. The summed E-state index contributed by atoms with van der Waals surface area (Å²) in [5.74, 6) is -2.54. The second kappa shape index (κ2) is 13.8. The quantitative estimate of drug-likeness (QED) is 0.139. The maximum atomic E-state index is 16.3. The Morgan fingerprint density at radius 3 is 2.50 bits per heavy atom. The molecule has 0 saturated carbocycles. The number of carbonyl (C=O) groups is 1. The molecule has 4 aromatic carbocycles. The molecule has 2 aromatic heterocycles. The van der Waals surface area contributed by atoms with E-state index >= 15 is 8.78 Å². The van der Waals surface area contributed by atoms with Crippen molar-refractivity contribution >= 4 is 61.2 Å². The molecular weight excluding hydrogens is 720 g/mol. The van der Waals surface area contributed by atoms with Crippen LogP contribution < -0.4 is 23.4 Å². The van der Waals surface area contributed by atoms with E-state index in [1.54, 1.807) is 30.3 Å². The Balaban J connectivity index is 1.42. The van der Waals surface area contributed by atoms with Crippen molar-refractivity contribution in [2.45, 2.75) is 11.4 Å². The highest BCUT2D eigenvalue weighted by Gasteiger charge is 2.33. The summed E-state index contributed by atoms with van der Waals surface area (Å²) < 4.78 is 86.3. The van der Waals surface area contributed by atoms with E-state index < -0.39 is 38.4 Å². The molecule has 1 N–H and O–H groups in total. The Kier molecular flexibility index (Phi) is 9.46. The van der Waals surface area contributed by atoms with Gasteiger partial charge < -0.3 is 23.8 Å². The molecule has 13 nitrogen and oxygen atoms in total. The van der Waals surface area contributed by atoms with Gasteiger partial charge in [-0.05, 0) is 54.1 Å². The lowest BCUT2D eigenvalue weighted by Gasteiger charge is -2.23. The average Bonchev–Trinajstić information content (AvgIpc) is 3.79. The number of halogens is 3. The van der Waals surface area contributed by atoms with Crippen molar-refractivity contribution in [1.29, 1.82) is 0 Å². The fourth-order valence-electron chi connectivity index (χ4n) is 4.95. The molecule has 6 aromatic rings. The van der Waals surface area contributed by atoms with E-state index in [4.69, 9.17) is 30.3 Å². The van der Waals surface area contributed by atoms with Crippen LogP contribution in [0.2, 0.25) is 5.02 Å². The summed E-state index contributed by atoms with van der Waals surface area (Å²) in [6.45, 7) is -0.386. The minimum Gasteiger partial charge on any atom is -0.497 e. The molecule has 0 aliphatic heterocycles. The molecule has 0 aliphatic carbocycles. The number of amides is 1. The van der Waals surface area contributed by atoms with E-state index in [1.807, 2.05) is 0 Å². The second-order valence-electron chi connectivity index (χ2n) is 10.4. The van der Waals surface area contributed by atoms with Crippen LogP contribution in [0.25, 0.3) is 22.1 Å². The third-order valence-corrected chi connectivity index (χ3v) is 10.2. The molecule has 2 heterocycles. The summed E-state index contributed by atoms with van der Waals surface area (Å²) in [4.78, 5) is 15.4. The maximum absolute atomic E-state index is 16.3. The second-order valence-corrected chi connectivity index (χ2v) is 13.5. The molecule has 6 rings (SSSR count). The molecule has 50 heavy (non-hydrogen) atoms. The number of carboxylic acid groups (broad SMARTS) is 1. The Morgan fingerprint density at radius 2 is 1.80 bits per heavy atom.